The van der Waals surface area contributed by atoms with Crippen molar-refractivity contribution in [3.63, 3.8) is 0 Å². The number of piperidine rings is 1. The zero-order valence-electron chi connectivity index (χ0n) is 9.36. The first kappa shape index (κ1) is 14.5. The number of rotatable bonds is 2. The molecule has 0 bridgehead atoms. The fourth-order valence-corrected chi connectivity index (χ4v) is 3.55. The van der Waals surface area contributed by atoms with E-state index < -0.39 is 0 Å². The van der Waals surface area contributed by atoms with E-state index in [0.29, 0.717) is 12.0 Å². The number of thiophene rings is 1. The van der Waals surface area contributed by atoms with Gasteiger partial charge in [-0.3, -0.25) is 4.90 Å². The van der Waals surface area contributed by atoms with Crippen molar-refractivity contribution in [2.24, 2.45) is 11.7 Å². The summed E-state index contributed by atoms with van der Waals surface area (Å²) in [6, 6.07) is 2.52. The van der Waals surface area contributed by atoms with Crippen LogP contribution in [0.1, 0.15) is 18.2 Å². The van der Waals surface area contributed by atoms with Gasteiger partial charge in [0.15, 0.2) is 0 Å². The maximum atomic E-state index is 6.01. The lowest BCUT2D eigenvalue weighted by Gasteiger charge is -2.34. The highest BCUT2D eigenvalue weighted by molar-refractivity contribution is 9.10. The van der Waals surface area contributed by atoms with Crippen molar-refractivity contribution in [2.45, 2.75) is 25.9 Å². The van der Waals surface area contributed by atoms with Crippen LogP contribution in [0, 0.1) is 5.92 Å². The number of hydrogen-bond donors (Lipinski definition) is 1. The number of nitrogens with two attached hydrogens (primary N) is 1. The van der Waals surface area contributed by atoms with Gasteiger partial charge in [-0.25, -0.2) is 0 Å². The number of likely N-dealkylation sites (tertiary alicyclic amines) is 1. The summed E-state index contributed by atoms with van der Waals surface area (Å²) in [7, 11) is 0. The van der Waals surface area contributed by atoms with Gasteiger partial charge in [0.1, 0.15) is 0 Å². The molecular weight excluding hydrogens is 308 g/mol. The van der Waals surface area contributed by atoms with Crippen LogP contribution in [0.25, 0.3) is 0 Å². The van der Waals surface area contributed by atoms with E-state index in [0.717, 1.165) is 26.1 Å². The summed E-state index contributed by atoms with van der Waals surface area (Å²) in [5.41, 5.74) is 6.01. The molecule has 92 valence electrons. The molecule has 0 spiro atoms. The molecule has 2 atom stereocenters. The van der Waals surface area contributed by atoms with Gasteiger partial charge in [-0.05, 0) is 39.7 Å². The van der Waals surface area contributed by atoms with Crippen LogP contribution in [0.5, 0.6) is 0 Å². The summed E-state index contributed by atoms with van der Waals surface area (Å²) in [4.78, 5) is 3.93. The summed E-state index contributed by atoms with van der Waals surface area (Å²) < 4.78 is 1.25. The van der Waals surface area contributed by atoms with Gasteiger partial charge in [0.05, 0.1) is 0 Å². The molecule has 0 saturated carbocycles. The van der Waals surface area contributed by atoms with Crippen LogP contribution in [-0.4, -0.2) is 24.0 Å². The van der Waals surface area contributed by atoms with Gasteiger partial charge in [-0.1, -0.05) is 6.92 Å². The third kappa shape index (κ3) is 3.44. The molecule has 5 heteroatoms. The minimum absolute atomic E-state index is 0. The van der Waals surface area contributed by atoms with Crippen LogP contribution in [0.2, 0.25) is 0 Å². The summed E-state index contributed by atoms with van der Waals surface area (Å²) in [5.74, 6) is 0.623. The molecule has 2 nitrogen and oxygen atoms in total. The molecule has 16 heavy (non-hydrogen) atoms. The van der Waals surface area contributed by atoms with Crippen LogP contribution in [0.3, 0.4) is 0 Å². The van der Waals surface area contributed by atoms with Gasteiger partial charge in [0.25, 0.3) is 0 Å². The van der Waals surface area contributed by atoms with Gasteiger partial charge in [-0.2, -0.15) is 0 Å². The Balaban J connectivity index is 0.00000128. The average Bonchev–Trinajstić information content (AvgIpc) is 2.59. The first-order chi connectivity index (χ1) is 7.16. The van der Waals surface area contributed by atoms with Crippen molar-refractivity contribution in [1.29, 1.82) is 0 Å². The van der Waals surface area contributed by atoms with Crippen LogP contribution in [0.4, 0.5) is 0 Å². The molecule has 1 aliphatic rings. The molecular formula is C11H18BrClN2S. The third-order valence-corrected chi connectivity index (χ3v) is 5.03. The highest BCUT2D eigenvalue weighted by Gasteiger charge is 2.23. The highest BCUT2D eigenvalue weighted by Crippen LogP contribution is 2.26. The minimum atomic E-state index is 0. The topological polar surface area (TPSA) is 29.3 Å². The molecule has 0 aromatic carbocycles. The zero-order valence-corrected chi connectivity index (χ0v) is 12.6. The lowest BCUT2D eigenvalue weighted by Crippen LogP contribution is -2.45. The maximum absolute atomic E-state index is 6.01. The van der Waals surface area contributed by atoms with Crippen LogP contribution >= 0.6 is 39.7 Å². The van der Waals surface area contributed by atoms with E-state index in [-0.39, 0.29) is 12.4 Å². The number of halogens is 2. The van der Waals surface area contributed by atoms with Gasteiger partial charge < -0.3 is 5.73 Å². The molecule has 1 fully saturated rings. The molecule has 2 N–H and O–H groups in total. The predicted octanol–water partition coefficient (Wildman–Crippen LogP) is 3.10. The van der Waals surface area contributed by atoms with E-state index >= 15 is 0 Å². The molecule has 1 saturated heterocycles. The van der Waals surface area contributed by atoms with Gasteiger partial charge in [0.2, 0.25) is 0 Å². The second-order valence-corrected chi connectivity index (χ2v) is 6.21. The van der Waals surface area contributed by atoms with Crippen molar-refractivity contribution in [3.8, 4) is 0 Å². The normalized spacial score (nSPS) is 26.4. The summed E-state index contributed by atoms with van der Waals surface area (Å²) in [5, 5.41) is 2.14. The first-order valence-corrected chi connectivity index (χ1v) is 7.04. The SMILES string of the molecule is CC1CN(Cc2sccc2Br)CCC1N.Cl. The molecule has 2 unspecified atom stereocenters. The smallest absolute Gasteiger partial charge is 0.0339 e. The lowest BCUT2D eigenvalue weighted by atomic mass is 9.95. The molecule has 0 aliphatic carbocycles. The Hall–Kier alpha value is 0.390. The third-order valence-electron chi connectivity index (χ3n) is 3.11. The van der Waals surface area contributed by atoms with Crippen LogP contribution < -0.4 is 5.73 Å². The molecule has 0 radical (unpaired) electrons. The average molecular weight is 326 g/mol. The van der Waals surface area contributed by atoms with Gasteiger partial charge in [-0.15, -0.1) is 23.7 Å². The van der Waals surface area contributed by atoms with Crippen molar-refractivity contribution in [2.75, 3.05) is 13.1 Å². The largest absolute Gasteiger partial charge is 0.327 e. The van der Waals surface area contributed by atoms with E-state index in [1.165, 1.54) is 9.35 Å². The Labute approximate surface area is 116 Å². The molecule has 2 rings (SSSR count). The Morgan fingerprint density at radius 3 is 2.94 bits per heavy atom. The molecule has 2 heterocycles. The van der Waals surface area contributed by atoms with Crippen molar-refractivity contribution in [1.82, 2.24) is 4.90 Å². The summed E-state index contributed by atoms with van der Waals surface area (Å²) in [6.07, 6.45) is 1.13. The molecule has 1 aromatic heterocycles. The van der Waals surface area contributed by atoms with Crippen LogP contribution in [0.15, 0.2) is 15.9 Å². The Morgan fingerprint density at radius 2 is 2.38 bits per heavy atom. The lowest BCUT2D eigenvalue weighted by molar-refractivity contribution is 0.159. The quantitative estimate of drug-likeness (QED) is 0.905. The van der Waals surface area contributed by atoms with Crippen molar-refractivity contribution >= 4 is 39.7 Å². The second-order valence-electron chi connectivity index (χ2n) is 4.36. The number of nitrogens with zero attached hydrogens (tertiary/aromatic N) is 1. The second kappa shape index (κ2) is 6.36. The van der Waals surface area contributed by atoms with Crippen molar-refractivity contribution < 1.29 is 0 Å². The van der Waals surface area contributed by atoms with E-state index in [1.54, 1.807) is 0 Å². The van der Waals surface area contributed by atoms with Gasteiger partial charge >= 0.3 is 0 Å². The predicted molar refractivity (Wildman–Crippen MR) is 76.3 cm³/mol. The highest BCUT2D eigenvalue weighted by atomic mass is 79.9. The monoisotopic (exact) mass is 324 g/mol. The van der Waals surface area contributed by atoms with Crippen LogP contribution in [-0.2, 0) is 6.54 Å². The Kier molecular flexibility index (Phi) is 5.74. The Morgan fingerprint density at radius 1 is 1.62 bits per heavy atom. The Bertz CT molecular complexity index is 332. The fraction of sp³-hybridized carbons (Fsp3) is 0.636. The zero-order chi connectivity index (χ0) is 10.8. The maximum Gasteiger partial charge on any atom is 0.0339 e. The fourth-order valence-electron chi connectivity index (χ4n) is 2.03. The standard InChI is InChI=1S/C11H17BrN2S.ClH/c1-8-6-14(4-2-10(8)13)7-11-9(12)3-5-15-11;/h3,5,8,10H,2,4,6-7,13H2,1H3;1H. The van der Waals surface area contributed by atoms with E-state index in [9.17, 15) is 0 Å². The molecule has 1 aliphatic heterocycles. The number of hydrogen-bond acceptors (Lipinski definition) is 3. The molecule has 0 amide bonds. The first-order valence-electron chi connectivity index (χ1n) is 5.36. The van der Waals surface area contributed by atoms with E-state index in [1.807, 2.05) is 11.3 Å². The minimum Gasteiger partial charge on any atom is -0.327 e. The van der Waals surface area contributed by atoms with E-state index in [4.69, 9.17) is 5.73 Å². The molecule has 1 aromatic rings. The van der Waals surface area contributed by atoms with Gasteiger partial charge in [0, 0.05) is 35.0 Å². The summed E-state index contributed by atoms with van der Waals surface area (Å²) in [6.45, 7) is 5.58. The van der Waals surface area contributed by atoms with Crippen molar-refractivity contribution in [3.05, 3.63) is 20.8 Å². The van der Waals surface area contributed by atoms with E-state index in [2.05, 4.69) is 39.2 Å². The summed E-state index contributed by atoms with van der Waals surface area (Å²) >= 11 is 5.40.